The number of rotatable bonds is 2. The maximum atomic E-state index is 10.7. The summed E-state index contributed by atoms with van der Waals surface area (Å²) in [5.74, 6) is 0. The van der Waals surface area contributed by atoms with Gasteiger partial charge in [0.25, 0.3) is 0 Å². The summed E-state index contributed by atoms with van der Waals surface area (Å²) < 4.78 is 11.0. The van der Waals surface area contributed by atoms with Crippen LogP contribution in [0.1, 0.15) is 27.7 Å². The molecule has 0 aromatic rings. The fourth-order valence-electron chi connectivity index (χ4n) is 1.05. The molecule has 0 aromatic heterocycles. The van der Waals surface area contributed by atoms with Gasteiger partial charge in [-0.2, -0.15) is 0 Å². The molecule has 1 aliphatic rings. The number of carbonyl (C=O) groups excluding carboxylic acids is 1. The zero-order chi connectivity index (χ0) is 9.35. The molecule has 1 saturated heterocycles. The smallest absolute Gasteiger partial charge is 0.170 e. The van der Waals surface area contributed by atoms with E-state index in [1.165, 1.54) is 0 Å². The molecule has 2 unspecified atom stereocenters. The predicted octanol–water partition coefficient (Wildman–Crippen LogP) is 1.36. The van der Waals surface area contributed by atoms with Gasteiger partial charge in [0.1, 0.15) is 6.29 Å². The zero-order valence-electron chi connectivity index (χ0n) is 8.03. The van der Waals surface area contributed by atoms with E-state index in [4.69, 9.17) is 9.47 Å². The Labute approximate surface area is 73.0 Å². The minimum absolute atomic E-state index is 0.0780. The third-order valence-corrected chi connectivity index (χ3v) is 2.25. The second-order valence-corrected chi connectivity index (χ2v) is 3.95. The van der Waals surface area contributed by atoms with Crippen molar-refractivity contribution in [3.63, 3.8) is 0 Å². The van der Waals surface area contributed by atoms with E-state index in [1.807, 2.05) is 27.7 Å². The van der Waals surface area contributed by atoms with Crippen LogP contribution in [-0.2, 0) is 14.3 Å². The summed E-state index contributed by atoms with van der Waals surface area (Å²) in [7, 11) is 0. The molecule has 1 fully saturated rings. The molecule has 12 heavy (non-hydrogen) atoms. The standard InChI is InChI=1S/C9H16O3/c1-6-7(2)12-8(11-6)9(3,4)5-10/h5-8H,1-4H3. The number of aldehydes is 1. The van der Waals surface area contributed by atoms with Crippen LogP contribution in [0.25, 0.3) is 0 Å². The van der Waals surface area contributed by atoms with Crippen molar-refractivity contribution in [2.45, 2.75) is 46.2 Å². The van der Waals surface area contributed by atoms with Gasteiger partial charge in [0.2, 0.25) is 0 Å². The highest BCUT2D eigenvalue weighted by molar-refractivity contribution is 5.58. The van der Waals surface area contributed by atoms with Crippen molar-refractivity contribution in [1.82, 2.24) is 0 Å². The highest BCUT2D eigenvalue weighted by Crippen LogP contribution is 2.30. The first kappa shape index (κ1) is 9.68. The molecule has 0 bridgehead atoms. The fourth-order valence-corrected chi connectivity index (χ4v) is 1.05. The van der Waals surface area contributed by atoms with E-state index in [2.05, 4.69) is 0 Å². The topological polar surface area (TPSA) is 35.5 Å². The van der Waals surface area contributed by atoms with Crippen molar-refractivity contribution >= 4 is 6.29 Å². The van der Waals surface area contributed by atoms with Crippen LogP contribution < -0.4 is 0 Å². The van der Waals surface area contributed by atoms with Crippen molar-refractivity contribution < 1.29 is 14.3 Å². The third-order valence-electron chi connectivity index (χ3n) is 2.25. The molecule has 0 aliphatic carbocycles. The average molecular weight is 172 g/mol. The lowest BCUT2D eigenvalue weighted by molar-refractivity contribution is -0.150. The van der Waals surface area contributed by atoms with E-state index in [0.717, 1.165) is 6.29 Å². The van der Waals surface area contributed by atoms with Crippen LogP contribution in [0.3, 0.4) is 0 Å². The lowest BCUT2D eigenvalue weighted by atomic mass is 9.95. The summed E-state index contributed by atoms with van der Waals surface area (Å²) in [5, 5.41) is 0. The van der Waals surface area contributed by atoms with E-state index in [-0.39, 0.29) is 18.5 Å². The van der Waals surface area contributed by atoms with Gasteiger partial charge in [0, 0.05) is 0 Å². The number of carbonyl (C=O) groups is 1. The van der Waals surface area contributed by atoms with Crippen molar-refractivity contribution in [3.8, 4) is 0 Å². The third kappa shape index (κ3) is 1.67. The molecule has 0 spiro atoms. The van der Waals surface area contributed by atoms with Gasteiger partial charge in [-0.15, -0.1) is 0 Å². The Hall–Kier alpha value is -0.410. The highest BCUT2D eigenvalue weighted by Gasteiger charge is 2.40. The molecule has 1 heterocycles. The first-order valence-electron chi connectivity index (χ1n) is 4.24. The molecule has 0 aromatic carbocycles. The first-order chi connectivity index (χ1) is 5.47. The Morgan fingerprint density at radius 3 is 1.92 bits per heavy atom. The lowest BCUT2D eigenvalue weighted by Gasteiger charge is -2.23. The first-order valence-corrected chi connectivity index (χ1v) is 4.24. The van der Waals surface area contributed by atoms with Gasteiger partial charge in [0.15, 0.2) is 6.29 Å². The minimum Gasteiger partial charge on any atom is -0.346 e. The highest BCUT2D eigenvalue weighted by atomic mass is 16.7. The van der Waals surface area contributed by atoms with Crippen molar-refractivity contribution in [3.05, 3.63) is 0 Å². The van der Waals surface area contributed by atoms with E-state index < -0.39 is 5.41 Å². The molecule has 1 aliphatic heterocycles. The van der Waals surface area contributed by atoms with Gasteiger partial charge < -0.3 is 14.3 Å². The van der Waals surface area contributed by atoms with Crippen LogP contribution in [-0.4, -0.2) is 24.8 Å². The number of ether oxygens (including phenoxy) is 2. The maximum absolute atomic E-state index is 10.7. The van der Waals surface area contributed by atoms with Crippen LogP contribution in [0.2, 0.25) is 0 Å². The Kier molecular flexibility index (Phi) is 2.54. The molecule has 70 valence electrons. The summed E-state index contributed by atoms with van der Waals surface area (Å²) in [6.07, 6.45) is 0.644. The normalized spacial score (nSPS) is 36.8. The Bertz CT molecular complexity index is 167. The monoisotopic (exact) mass is 172 g/mol. The summed E-state index contributed by atoms with van der Waals surface area (Å²) in [4.78, 5) is 10.7. The largest absolute Gasteiger partial charge is 0.346 e. The molecule has 0 saturated carbocycles. The second kappa shape index (κ2) is 3.15. The van der Waals surface area contributed by atoms with Crippen LogP contribution >= 0.6 is 0 Å². The number of hydrogen-bond acceptors (Lipinski definition) is 3. The molecule has 0 N–H and O–H groups in total. The van der Waals surface area contributed by atoms with Gasteiger partial charge in [0.05, 0.1) is 17.6 Å². The van der Waals surface area contributed by atoms with Crippen molar-refractivity contribution in [1.29, 1.82) is 0 Å². The molecule has 3 nitrogen and oxygen atoms in total. The quantitative estimate of drug-likeness (QED) is 0.590. The van der Waals surface area contributed by atoms with E-state index in [9.17, 15) is 4.79 Å². The van der Waals surface area contributed by atoms with Gasteiger partial charge in [-0.05, 0) is 27.7 Å². The summed E-state index contributed by atoms with van der Waals surface area (Å²) in [5.41, 5.74) is -0.543. The minimum atomic E-state index is -0.543. The summed E-state index contributed by atoms with van der Waals surface area (Å²) in [6.45, 7) is 7.53. The fraction of sp³-hybridized carbons (Fsp3) is 0.889. The van der Waals surface area contributed by atoms with Crippen molar-refractivity contribution in [2.75, 3.05) is 0 Å². The average Bonchev–Trinajstić information content (AvgIpc) is 2.33. The van der Waals surface area contributed by atoms with Crippen LogP contribution in [0, 0.1) is 5.41 Å². The molecule has 3 heteroatoms. The molecule has 0 amide bonds. The molecule has 0 radical (unpaired) electrons. The van der Waals surface area contributed by atoms with E-state index in [0.29, 0.717) is 0 Å². The SMILES string of the molecule is CC1OC(C(C)(C)C=O)OC1C. The zero-order valence-corrected chi connectivity index (χ0v) is 8.03. The van der Waals surface area contributed by atoms with Crippen LogP contribution in [0.5, 0.6) is 0 Å². The predicted molar refractivity (Wildman–Crippen MR) is 44.7 cm³/mol. The molecule has 2 atom stereocenters. The lowest BCUT2D eigenvalue weighted by Crippen LogP contribution is -2.32. The van der Waals surface area contributed by atoms with Gasteiger partial charge >= 0.3 is 0 Å². The Morgan fingerprint density at radius 2 is 1.58 bits per heavy atom. The molecule has 1 rings (SSSR count). The Balaban J connectivity index is 2.62. The van der Waals surface area contributed by atoms with Crippen LogP contribution in [0.15, 0.2) is 0 Å². The van der Waals surface area contributed by atoms with Gasteiger partial charge in [-0.25, -0.2) is 0 Å². The summed E-state index contributed by atoms with van der Waals surface area (Å²) >= 11 is 0. The van der Waals surface area contributed by atoms with Gasteiger partial charge in [-0.1, -0.05) is 0 Å². The Morgan fingerprint density at radius 1 is 1.17 bits per heavy atom. The second-order valence-electron chi connectivity index (χ2n) is 3.95. The maximum Gasteiger partial charge on any atom is 0.170 e. The summed E-state index contributed by atoms with van der Waals surface area (Å²) in [6, 6.07) is 0. The van der Waals surface area contributed by atoms with Crippen molar-refractivity contribution in [2.24, 2.45) is 5.41 Å². The van der Waals surface area contributed by atoms with Crippen LogP contribution in [0.4, 0.5) is 0 Å². The molecular weight excluding hydrogens is 156 g/mol. The van der Waals surface area contributed by atoms with Gasteiger partial charge in [-0.3, -0.25) is 0 Å². The molecular formula is C9H16O3. The van der Waals surface area contributed by atoms with E-state index in [1.54, 1.807) is 0 Å². The number of hydrogen-bond donors (Lipinski definition) is 0. The van der Waals surface area contributed by atoms with E-state index >= 15 is 0 Å².